The number of carbonyl (C=O) groups excluding carboxylic acids is 2. The SMILES string of the molecule is CC[C@H](CC(=O)O)NC(=O)C1(C)CCCC1NC(=O)OCC1c2ccccc2-c2ccccc21. The molecule has 0 aromatic heterocycles. The summed E-state index contributed by atoms with van der Waals surface area (Å²) < 4.78 is 5.67. The fourth-order valence-corrected chi connectivity index (χ4v) is 5.31. The van der Waals surface area contributed by atoms with Crippen LogP contribution in [0.1, 0.15) is 63.0 Å². The molecule has 0 heterocycles. The number of amides is 2. The third-order valence-electron chi connectivity index (χ3n) is 7.36. The smallest absolute Gasteiger partial charge is 0.407 e. The van der Waals surface area contributed by atoms with E-state index in [1.54, 1.807) is 0 Å². The summed E-state index contributed by atoms with van der Waals surface area (Å²) in [4.78, 5) is 36.9. The van der Waals surface area contributed by atoms with Crippen LogP contribution in [0.2, 0.25) is 0 Å². The standard InChI is InChI=1S/C27H32N2O5/c1-3-17(15-24(30)31)28-25(32)27(2)14-8-13-23(27)29-26(33)34-16-22-20-11-6-4-9-18(20)19-10-5-7-12-21(19)22/h4-7,9-12,17,22-23H,3,8,13-16H2,1-2H3,(H,28,32)(H,29,33)(H,30,31)/t17-,23?,27?/m1/s1. The molecular formula is C27H32N2O5. The van der Waals surface area contributed by atoms with E-state index in [4.69, 9.17) is 9.84 Å². The Bertz CT molecular complexity index is 1040. The van der Waals surface area contributed by atoms with Gasteiger partial charge in [0.25, 0.3) is 0 Å². The van der Waals surface area contributed by atoms with E-state index < -0.39 is 23.5 Å². The third kappa shape index (κ3) is 4.65. The number of carboxylic acid groups (broad SMARTS) is 1. The van der Waals surface area contributed by atoms with Gasteiger partial charge in [-0.3, -0.25) is 9.59 Å². The number of ether oxygens (including phenoxy) is 1. The molecule has 0 radical (unpaired) electrons. The zero-order valence-electron chi connectivity index (χ0n) is 19.7. The van der Waals surface area contributed by atoms with E-state index in [1.807, 2.05) is 38.1 Å². The first-order valence-electron chi connectivity index (χ1n) is 12.0. The first kappa shape index (κ1) is 23.8. The van der Waals surface area contributed by atoms with E-state index in [2.05, 4.69) is 34.9 Å². The number of hydrogen-bond donors (Lipinski definition) is 3. The molecule has 4 rings (SSSR count). The molecule has 2 unspecified atom stereocenters. The van der Waals surface area contributed by atoms with Gasteiger partial charge in [-0.15, -0.1) is 0 Å². The lowest BCUT2D eigenvalue weighted by atomic mass is 9.83. The first-order valence-corrected chi connectivity index (χ1v) is 12.0. The molecule has 2 aliphatic carbocycles. The van der Waals surface area contributed by atoms with Crippen LogP contribution in [0.15, 0.2) is 48.5 Å². The Morgan fingerprint density at radius 2 is 1.71 bits per heavy atom. The molecule has 180 valence electrons. The molecule has 34 heavy (non-hydrogen) atoms. The largest absolute Gasteiger partial charge is 0.481 e. The van der Waals surface area contributed by atoms with Crippen LogP contribution in [0.4, 0.5) is 4.79 Å². The Hall–Kier alpha value is -3.35. The number of benzene rings is 2. The summed E-state index contributed by atoms with van der Waals surface area (Å²) in [7, 11) is 0. The Balaban J connectivity index is 1.39. The number of hydrogen-bond acceptors (Lipinski definition) is 4. The lowest BCUT2D eigenvalue weighted by Gasteiger charge is -2.32. The van der Waals surface area contributed by atoms with Gasteiger partial charge in [-0.2, -0.15) is 0 Å². The van der Waals surface area contributed by atoms with Crippen molar-refractivity contribution in [3.05, 3.63) is 59.7 Å². The highest BCUT2D eigenvalue weighted by Gasteiger charge is 2.46. The molecule has 7 heteroatoms. The summed E-state index contributed by atoms with van der Waals surface area (Å²) in [5.41, 5.74) is 3.81. The number of carbonyl (C=O) groups is 3. The Labute approximate surface area is 199 Å². The van der Waals surface area contributed by atoms with Crippen molar-refractivity contribution in [3.8, 4) is 11.1 Å². The molecule has 0 aliphatic heterocycles. The summed E-state index contributed by atoms with van der Waals surface area (Å²) in [5.74, 6) is -1.20. The van der Waals surface area contributed by atoms with Gasteiger partial charge in [0.05, 0.1) is 11.8 Å². The highest BCUT2D eigenvalue weighted by molar-refractivity contribution is 5.85. The molecule has 0 spiro atoms. The second-order valence-corrected chi connectivity index (χ2v) is 9.51. The van der Waals surface area contributed by atoms with Crippen LogP contribution in [-0.2, 0) is 14.3 Å². The number of alkyl carbamates (subject to hydrolysis) is 1. The van der Waals surface area contributed by atoms with Crippen molar-refractivity contribution in [2.75, 3.05) is 6.61 Å². The first-order chi connectivity index (χ1) is 16.3. The van der Waals surface area contributed by atoms with Gasteiger partial charge in [0.2, 0.25) is 5.91 Å². The molecule has 1 saturated carbocycles. The van der Waals surface area contributed by atoms with E-state index >= 15 is 0 Å². The zero-order valence-corrected chi connectivity index (χ0v) is 19.7. The van der Waals surface area contributed by atoms with Gasteiger partial charge >= 0.3 is 12.1 Å². The number of nitrogens with one attached hydrogen (secondary N) is 2. The van der Waals surface area contributed by atoms with E-state index in [9.17, 15) is 14.4 Å². The quantitative estimate of drug-likeness (QED) is 0.535. The number of fused-ring (bicyclic) bond motifs is 3. The predicted octanol–water partition coefficient (Wildman–Crippen LogP) is 4.45. The van der Waals surface area contributed by atoms with Gasteiger partial charge in [0.15, 0.2) is 0 Å². The molecule has 0 bridgehead atoms. The summed E-state index contributed by atoms with van der Waals surface area (Å²) in [6.45, 7) is 3.89. The predicted molar refractivity (Wildman–Crippen MR) is 128 cm³/mol. The van der Waals surface area contributed by atoms with E-state index in [-0.39, 0.29) is 30.9 Å². The van der Waals surface area contributed by atoms with Gasteiger partial charge in [-0.05, 0) is 48.4 Å². The molecular weight excluding hydrogens is 432 g/mol. The maximum Gasteiger partial charge on any atom is 0.407 e. The lowest BCUT2D eigenvalue weighted by molar-refractivity contribution is -0.138. The summed E-state index contributed by atoms with van der Waals surface area (Å²) in [6, 6.07) is 15.5. The Morgan fingerprint density at radius 1 is 1.09 bits per heavy atom. The summed E-state index contributed by atoms with van der Waals surface area (Å²) in [6.07, 6.45) is 1.96. The van der Waals surface area contributed by atoms with Crippen molar-refractivity contribution < 1.29 is 24.2 Å². The van der Waals surface area contributed by atoms with Crippen molar-refractivity contribution in [3.63, 3.8) is 0 Å². The molecule has 1 fully saturated rings. The van der Waals surface area contributed by atoms with Crippen molar-refractivity contribution in [2.24, 2.45) is 5.41 Å². The minimum atomic E-state index is -0.947. The fourth-order valence-electron chi connectivity index (χ4n) is 5.31. The molecule has 3 atom stereocenters. The topological polar surface area (TPSA) is 105 Å². The average Bonchev–Trinajstić information content (AvgIpc) is 3.35. The van der Waals surface area contributed by atoms with Crippen molar-refractivity contribution in [1.29, 1.82) is 0 Å². The van der Waals surface area contributed by atoms with Crippen LogP contribution < -0.4 is 10.6 Å². The van der Waals surface area contributed by atoms with E-state index in [1.165, 1.54) is 11.1 Å². The van der Waals surface area contributed by atoms with Crippen LogP contribution in [0, 0.1) is 5.41 Å². The number of rotatable bonds is 8. The maximum absolute atomic E-state index is 13.1. The van der Waals surface area contributed by atoms with Crippen LogP contribution >= 0.6 is 0 Å². The van der Waals surface area contributed by atoms with Gasteiger partial charge in [0.1, 0.15) is 6.61 Å². The molecule has 2 aromatic carbocycles. The van der Waals surface area contributed by atoms with Gasteiger partial charge in [0, 0.05) is 18.0 Å². The van der Waals surface area contributed by atoms with Crippen LogP contribution in [0.3, 0.4) is 0 Å². The number of carboxylic acids is 1. The molecule has 0 saturated heterocycles. The van der Waals surface area contributed by atoms with Crippen LogP contribution in [-0.4, -0.2) is 41.8 Å². The van der Waals surface area contributed by atoms with Crippen LogP contribution in [0.5, 0.6) is 0 Å². The van der Waals surface area contributed by atoms with Gasteiger partial charge in [-0.1, -0.05) is 61.9 Å². The molecule has 7 nitrogen and oxygen atoms in total. The second kappa shape index (κ2) is 9.87. The third-order valence-corrected chi connectivity index (χ3v) is 7.36. The fraction of sp³-hybridized carbons (Fsp3) is 0.444. The molecule has 2 amide bonds. The summed E-state index contributed by atoms with van der Waals surface area (Å²) >= 11 is 0. The molecule has 2 aliphatic rings. The highest BCUT2D eigenvalue weighted by Crippen LogP contribution is 2.44. The zero-order chi connectivity index (χ0) is 24.3. The van der Waals surface area contributed by atoms with Crippen molar-refractivity contribution in [2.45, 2.75) is 64.0 Å². The Kier molecular flexibility index (Phi) is 6.91. The maximum atomic E-state index is 13.1. The van der Waals surface area contributed by atoms with Crippen LogP contribution in [0.25, 0.3) is 11.1 Å². The van der Waals surface area contributed by atoms with Gasteiger partial charge in [-0.25, -0.2) is 4.79 Å². The average molecular weight is 465 g/mol. The molecule has 3 N–H and O–H groups in total. The van der Waals surface area contributed by atoms with Gasteiger partial charge < -0.3 is 20.5 Å². The monoisotopic (exact) mass is 464 g/mol. The second-order valence-electron chi connectivity index (χ2n) is 9.51. The lowest BCUT2D eigenvalue weighted by Crippen LogP contribution is -2.53. The summed E-state index contributed by atoms with van der Waals surface area (Å²) in [5, 5.41) is 14.9. The molecule has 2 aromatic rings. The van der Waals surface area contributed by atoms with E-state index in [0.29, 0.717) is 19.3 Å². The van der Waals surface area contributed by atoms with E-state index in [0.717, 1.165) is 17.5 Å². The minimum Gasteiger partial charge on any atom is -0.481 e. The van der Waals surface area contributed by atoms with Crippen molar-refractivity contribution >= 4 is 18.0 Å². The minimum absolute atomic E-state index is 0.0299. The van der Waals surface area contributed by atoms with Crippen molar-refractivity contribution in [1.82, 2.24) is 10.6 Å². The normalized spacial score (nSPS) is 21.9. The number of aliphatic carboxylic acids is 1. The Morgan fingerprint density at radius 3 is 2.29 bits per heavy atom. The highest BCUT2D eigenvalue weighted by atomic mass is 16.5.